The van der Waals surface area contributed by atoms with E-state index in [1.165, 1.54) is 11.1 Å². The largest absolute Gasteiger partial charge is 0.250 e. The van der Waals surface area contributed by atoms with Gasteiger partial charge in [0.1, 0.15) is 12.2 Å². The number of rotatable bonds is 6. The summed E-state index contributed by atoms with van der Waals surface area (Å²) < 4.78 is 1.98. The van der Waals surface area contributed by atoms with E-state index in [1.807, 2.05) is 4.68 Å². The SMILES string of the molecule is CCn1ncnc1CC(CBr)Cc1ccccc1C. The molecule has 0 aliphatic carbocycles. The minimum atomic E-state index is 0.551. The molecule has 2 aromatic rings. The quantitative estimate of drug-likeness (QED) is 0.763. The number of halogens is 1. The first-order valence-corrected chi connectivity index (χ1v) is 7.83. The Kier molecular flexibility index (Phi) is 5.14. The molecule has 1 unspecified atom stereocenters. The normalized spacial score (nSPS) is 12.6. The Morgan fingerprint density at radius 1 is 1.26 bits per heavy atom. The minimum absolute atomic E-state index is 0.551. The van der Waals surface area contributed by atoms with Crippen LogP contribution in [0.15, 0.2) is 30.6 Å². The van der Waals surface area contributed by atoms with Gasteiger partial charge < -0.3 is 0 Å². The molecule has 1 aromatic carbocycles. The number of aryl methyl sites for hydroxylation is 2. The molecule has 0 spiro atoms. The monoisotopic (exact) mass is 321 g/mol. The van der Waals surface area contributed by atoms with E-state index in [-0.39, 0.29) is 0 Å². The molecule has 0 aliphatic rings. The summed E-state index contributed by atoms with van der Waals surface area (Å²) in [5, 5.41) is 5.22. The van der Waals surface area contributed by atoms with E-state index >= 15 is 0 Å². The van der Waals surface area contributed by atoms with E-state index in [2.05, 4.69) is 64.1 Å². The Labute approximate surface area is 123 Å². The summed E-state index contributed by atoms with van der Waals surface area (Å²) in [7, 11) is 0. The van der Waals surface area contributed by atoms with Crippen LogP contribution in [0, 0.1) is 12.8 Å². The van der Waals surface area contributed by atoms with Gasteiger partial charge in [-0.3, -0.25) is 4.68 Å². The molecule has 2 rings (SSSR count). The van der Waals surface area contributed by atoms with Crippen molar-refractivity contribution < 1.29 is 0 Å². The summed E-state index contributed by atoms with van der Waals surface area (Å²) >= 11 is 3.63. The second-order valence-corrected chi connectivity index (χ2v) is 5.49. The summed E-state index contributed by atoms with van der Waals surface area (Å²) in [4.78, 5) is 4.37. The first-order chi connectivity index (χ1) is 9.24. The standard InChI is InChI=1S/C15H20BrN3/c1-3-19-15(17-11-18-19)9-13(10-16)8-14-7-5-4-6-12(14)2/h4-7,11,13H,3,8-10H2,1-2H3. The van der Waals surface area contributed by atoms with Gasteiger partial charge in [0.25, 0.3) is 0 Å². The van der Waals surface area contributed by atoms with Crippen LogP contribution in [-0.2, 0) is 19.4 Å². The van der Waals surface area contributed by atoms with Crippen LogP contribution in [0.1, 0.15) is 23.9 Å². The number of alkyl halides is 1. The Morgan fingerprint density at radius 2 is 2.05 bits per heavy atom. The molecule has 0 N–H and O–H groups in total. The Bertz CT molecular complexity index is 522. The minimum Gasteiger partial charge on any atom is -0.250 e. The van der Waals surface area contributed by atoms with Gasteiger partial charge in [-0.05, 0) is 37.3 Å². The zero-order chi connectivity index (χ0) is 13.7. The fraction of sp³-hybridized carbons (Fsp3) is 0.467. The molecule has 0 radical (unpaired) electrons. The van der Waals surface area contributed by atoms with Gasteiger partial charge in [0.15, 0.2) is 0 Å². The molecule has 0 saturated heterocycles. The molecule has 0 aliphatic heterocycles. The van der Waals surface area contributed by atoms with Crippen LogP contribution in [-0.4, -0.2) is 20.1 Å². The molecule has 1 heterocycles. The van der Waals surface area contributed by atoms with Gasteiger partial charge in [-0.25, -0.2) is 4.98 Å². The molecule has 3 nitrogen and oxygen atoms in total. The van der Waals surface area contributed by atoms with Crippen LogP contribution >= 0.6 is 15.9 Å². The van der Waals surface area contributed by atoms with Crippen molar-refractivity contribution in [2.75, 3.05) is 5.33 Å². The van der Waals surface area contributed by atoms with Gasteiger partial charge in [-0.15, -0.1) is 0 Å². The average molecular weight is 322 g/mol. The number of aromatic nitrogens is 3. The van der Waals surface area contributed by atoms with Gasteiger partial charge in [-0.2, -0.15) is 5.10 Å². The first kappa shape index (κ1) is 14.3. The molecule has 4 heteroatoms. The average Bonchev–Trinajstić information content (AvgIpc) is 2.87. The highest BCUT2D eigenvalue weighted by Crippen LogP contribution is 2.18. The van der Waals surface area contributed by atoms with Gasteiger partial charge in [-0.1, -0.05) is 40.2 Å². The molecule has 0 bridgehead atoms. The Balaban J connectivity index is 2.07. The summed E-state index contributed by atoms with van der Waals surface area (Å²) in [6.07, 6.45) is 3.69. The first-order valence-electron chi connectivity index (χ1n) is 6.71. The highest BCUT2D eigenvalue weighted by atomic mass is 79.9. The van der Waals surface area contributed by atoms with Crippen molar-refractivity contribution in [2.45, 2.75) is 33.2 Å². The lowest BCUT2D eigenvalue weighted by molar-refractivity contribution is 0.527. The number of hydrogen-bond acceptors (Lipinski definition) is 2. The predicted molar refractivity (Wildman–Crippen MR) is 81.6 cm³/mol. The third kappa shape index (κ3) is 3.66. The molecule has 0 amide bonds. The van der Waals surface area contributed by atoms with E-state index in [4.69, 9.17) is 0 Å². The van der Waals surface area contributed by atoms with Crippen LogP contribution in [0.25, 0.3) is 0 Å². The lowest BCUT2D eigenvalue weighted by Crippen LogP contribution is -2.15. The van der Waals surface area contributed by atoms with Gasteiger partial charge in [0.05, 0.1) is 0 Å². The zero-order valence-electron chi connectivity index (χ0n) is 11.5. The van der Waals surface area contributed by atoms with Crippen molar-refractivity contribution in [1.29, 1.82) is 0 Å². The Hall–Kier alpha value is -1.16. The summed E-state index contributed by atoms with van der Waals surface area (Å²) in [5.41, 5.74) is 2.79. The van der Waals surface area contributed by atoms with Gasteiger partial charge >= 0.3 is 0 Å². The number of nitrogens with zero attached hydrogens (tertiary/aromatic N) is 3. The fourth-order valence-corrected chi connectivity index (χ4v) is 2.76. The van der Waals surface area contributed by atoms with E-state index in [1.54, 1.807) is 6.33 Å². The molecule has 1 atom stereocenters. The zero-order valence-corrected chi connectivity index (χ0v) is 13.1. The van der Waals surface area contributed by atoms with E-state index in [0.717, 1.165) is 30.5 Å². The lowest BCUT2D eigenvalue weighted by atomic mass is 9.95. The van der Waals surface area contributed by atoms with Crippen LogP contribution < -0.4 is 0 Å². The topological polar surface area (TPSA) is 30.7 Å². The number of benzene rings is 1. The summed E-state index contributed by atoms with van der Waals surface area (Å²) in [5.74, 6) is 1.64. The maximum Gasteiger partial charge on any atom is 0.138 e. The molecular formula is C15H20BrN3. The van der Waals surface area contributed by atoms with Gasteiger partial charge in [0.2, 0.25) is 0 Å². The maximum atomic E-state index is 4.37. The van der Waals surface area contributed by atoms with Crippen LogP contribution in [0.5, 0.6) is 0 Å². The highest BCUT2D eigenvalue weighted by molar-refractivity contribution is 9.09. The van der Waals surface area contributed by atoms with E-state index in [0.29, 0.717) is 5.92 Å². The molecule has 19 heavy (non-hydrogen) atoms. The summed E-state index contributed by atoms with van der Waals surface area (Å²) in [6, 6.07) is 8.60. The molecule has 0 saturated carbocycles. The van der Waals surface area contributed by atoms with Crippen LogP contribution in [0.4, 0.5) is 0 Å². The fourth-order valence-electron chi connectivity index (χ4n) is 2.30. The maximum absolute atomic E-state index is 4.37. The second-order valence-electron chi connectivity index (χ2n) is 4.85. The third-order valence-electron chi connectivity index (χ3n) is 3.45. The van der Waals surface area contributed by atoms with E-state index < -0.39 is 0 Å². The van der Waals surface area contributed by atoms with Crippen LogP contribution in [0.2, 0.25) is 0 Å². The smallest absolute Gasteiger partial charge is 0.138 e. The summed E-state index contributed by atoms with van der Waals surface area (Å²) in [6.45, 7) is 5.16. The third-order valence-corrected chi connectivity index (χ3v) is 4.37. The van der Waals surface area contributed by atoms with Gasteiger partial charge in [0, 0.05) is 18.3 Å². The second kappa shape index (κ2) is 6.85. The lowest BCUT2D eigenvalue weighted by Gasteiger charge is -2.15. The van der Waals surface area contributed by atoms with Crippen molar-refractivity contribution in [2.24, 2.45) is 5.92 Å². The van der Waals surface area contributed by atoms with Crippen molar-refractivity contribution >= 4 is 15.9 Å². The van der Waals surface area contributed by atoms with Crippen LogP contribution in [0.3, 0.4) is 0 Å². The van der Waals surface area contributed by atoms with Crippen molar-refractivity contribution in [3.63, 3.8) is 0 Å². The Morgan fingerprint density at radius 3 is 2.74 bits per heavy atom. The molecule has 0 fully saturated rings. The van der Waals surface area contributed by atoms with Crippen molar-refractivity contribution in [3.8, 4) is 0 Å². The predicted octanol–water partition coefficient (Wildman–Crippen LogP) is 3.40. The molecular weight excluding hydrogens is 302 g/mol. The number of hydrogen-bond donors (Lipinski definition) is 0. The molecule has 102 valence electrons. The van der Waals surface area contributed by atoms with E-state index in [9.17, 15) is 0 Å². The molecule has 1 aromatic heterocycles. The van der Waals surface area contributed by atoms with Crippen molar-refractivity contribution in [3.05, 3.63) is 47.5 Å². The highest BCUT2D eigenvalue weighted by Gasteiger charge is 2.14. The van der Waals surface area contributed by atoms with Crippen molar-refractivity contribution in [1.82, 2.24) is 14.8 Å².